The zero-order valence-corrected chi connectivity index (χ0v) is 12.9. The van der Waals surface area contributed by atoms with Gasteiger partial charge in [-0.3, -0.25) is 0 Å². The van der Waals surface area contributed by atoms with Crippen molar-refractivity contribution in [2.45, 2.75) is 32.6 Å². The lowest BCUT2D eigenvalue weighted by Gasteiger charge is -2.17. The Morgan fingerprint density at radius 2 is 1.86 bits per heavy atom. The minimum Gasteiger partial charge on any atom is -0.481 e. The molecule has 0 amide bonds. The van der Waals surface area contributed by atoms with Crippen molar-refractivity contribution in [3.63, 3.8) is 0 Å². The summed E-state index contributed by atoms with van der Waals surface area (Å²) in [6.45, 7) is 6.20. The van der Waals surface area contributed by atoms with Gasteiger partial charge in [0, 0.05) is 24.0 Å². The Morgan fingerprint density at radius 1 is 1.24 bits per heavy atom. The first-order chi connectivity index (χ1) is 9.88. The normalized spacial score (nSPS) is 11.7. The summed E-state index contributed by atoms with van der Waals surface area (Å²) in [6, 6.07) is 6.08. The molecule has 5 heteroatoms. The number of aromatic nitrogens is 2. The summed E-state index contributed by atoms with van der Waals surface area (Å²) in [7, 11) is 1.57. The second kappa shape index (κ2) is 5.85. The molecule has 21 heavy (non-hydrogen) atoms. The average molecular weight is 292 g/mol. The van der Waals surface area contributed by atoms with Gasteiger partial charge in [-0.15, -0.1) is 0 Å². The van der Waals surface area contributed by atoms with Gasteiger partial charge in [-0.25, -0.2) is 9.07 Å². The van der Waals surface area contributed by atoms with Crippen LogP contribution in [0.15, 0.2) is 24.3 Å². The Bertz CT molecular complexity index is 612. The third-order valence-corrected chi connectivity index (χ3v) is 3.27. The van der Waals surface area contributed by atoms with E-state index in [1.165, 1.54) is 12.1 Å². The van der Waals surface area contributed by atoms with Gasteiger partial charge in [0.2, 0.25) is 5.88 Å². The number of aliphatic hydroxyl groups excluding tert-OH is 1. The lowest BCUT2D eigenvalue weighted by atomic mass is 9.88. The van der Waals surface area contributed by atoms with E-state index in [9.17, 15) is 9.50 Å². The van der Waals surface area contributed by atoms with Crippen molar-refractivity contribution in [2.75, 3.05) is 13.7 Å². The first-order valence-corrected chi connectivity index (χ1v) is 6.91. The third kappa shape index (κ3) is 3.08. The highest BCUT2D eigenvalue weighted by Gasteiger charge is 2.27. The molecule has 0 aliphatic heterocycles. The van der Waals surface area contributed by atoms with Gasteiger partial charge in [0.15, 0.2) is 0 Å². The average Bonchev–Trinajstić information content (AvgIpc) is 2.78. The van der Waals surface area contributed by atoms with E-state index in [1.807, 2.05) is 0 Å². The van der Waals surface area contributed by atoms with Crippen LogP contribution < -0.4 is 4.74 Å². The van der Waals surface area contributed by atoms with Gasteiger partial charge in [-0.05, 0) is 24.3 Å². The van der Waals surface area contributed by atoms with Crippen LogP contribution >= 0.6 is 0 Å². The zero-order chi connectivity index (χ0) is 15.6. The second-order valence-corrected chi connectivity index (χ2v) is 5.95. The topological polar surface area (TPSA) is 47.3 Å². The molecule has 1 aromatic carbocycles. The van der Waals surface area contributed by atoms with E-state index in [1.54, 1.807) is 23.9 Å². The van der Waals surface area contributed by atoms with Crippen molar-refractivity contribution in [2.24, 2.45) is 0 Å². The molecule has 2 aromatic rings. The van der Waals surface area contributed by atoms with Gasteiger partial charge in [-0.2, -0.15) is 5.10 Å². The smallest absolute Gasteiger partial charge is 0.220 e. The number of hydrogen-bond donors (Lipinski definition) is 1. The van der Waals surface area contributed by atoms with Gasteiger partial charge in [-0.1, -0.05) is 20.8 Å². The van der Waals surface area contributed by atoms with Gasteiger partial charge in [0.25, 0.3) is 0 Å². The van der Waals surface area contributed by atoms with E-state index in [0.29, 0.717) is 12.3 Å². The molecule has 0 saturated heterocycles. The minimum atomic E-state index is -0.295. The molecule has 0 radical (unpaired) electrons. The molecule has 0 aliphatic rings. The van der Waals surface area contributed by atoms with Crippen LogP contribution in [0.4, 0.5) is 4.39 Å². The Kier molecular flexibility index (Phi) is 4.32. The van der Waals surface area contributed by atoms with Gasteiger partial charge in [0.05, 0.1) is 18.5 Å². The van der Waals surface area contributed by atoms with Crippen LogP contribution in [0.2, 0.25) is 0 Å². The fraction of sp³-hybridized carbons (Fsp3) is 0.438. The number of halogens is 1. The first kappa shape index (κ1) is 15.5. The highest BCUT2D eigenvalue weighted by atomic mass is 19.1. The van der Waals surface area contributed by atoms with Gasteiger partial charge >= 0.3 is 0 Å². The Hall–Kier alpha value is -1.88. The lowest BCUT2D eigenvalue weighted by Crippen LogP contribution is -2.15. The van der Waals surface area contributed by atoms with E-state index < -0.39 is 0 Å². The Balaban J connectivity index is 2.63. The summed E-state index contributed by atoms with van der Waals surface area (Å²) in [5.74, 6) is 0.289. The molecule has 0 bridgehead atoms. The zero-order valence-electron chi connectivity index (χ0n) is 12.9. The predicted octanol–water partition coefficient (Wildman–Crippen LogP) is 2.85. The van der Waals surface area contributed by atoms with Crippen LogP contribution in [0.3, 0.4) is 0 Å². The number of rotatable bonds is 4. The van der Waals surface area contributed by atoms with Crippen molar-refractivity contribution in [3.8, 4) is 11.6 Å². The number of benzene rings is 1. The number of aliphatic hydroxyl groups is 1. The maximum absolute atomic E-state index is 13.1. The molecule has 0 saturated carbocycles. The fourth-order valence-corrected chi connectivity index (χ4v) is 2.34. The minimum absolute atomic E-state index is 0.0224. The van der Waals surface area contributed by atoms with Crippen molar-refractivity contribution in [1.82, 2.24) is 9.78 Å². The van der Waals surface area contributed by atoms with Crippen LogP contribution in [0.25, 0.3) is 5.69 Å². The SMILES string of the molecule is COc1c(CCO)c(C(C)(C)C)nn1-c1ccc(F)cc1. The fourth-order valence-electron chi connectivity index (χ4n) is 2.34. The highest BCUT2D eigenvalue weighted by molar-refractivity contribution is 5.43. The summed E-state index contributed by atoms with van der Waals surface area (Å²) < 4.78 is 20.2. The molecule has 1 N–H and O–H groups in total. The molecular weight excluding hydrogens is 271 g/mol. The maximum Gasteiger partial charge on any atom is 0.220 e. The van der Waals surface area contributed by atoms with Crippen LogP contribution in [0.1, 0.15) is 32.0 Å². The molecule has 114 valence electrons. The number of methoxy groups -OCH3 is 1. The highest BCUT2D eigenvalue weighted by Crippen LogP contribution is 2.33. The molecule has 0 unspecified atom stereocenters. The first-order valence-electron chi connectivity index (χ1n) is 6.91. The molecule has 1 heterocycles. The summed E-state index contributed by atoms with van der Waals surface area (Å²) in [6.07, 6.45) is 0.469. The lowest BCUT2D eigenvalue weighted by molar-refractivity contribution is 0.295. The van der Waals surface area contributed by atoms with Crippen LogP contribution in [-0.4, -0.2) is 28.6 Å². The monoisotopic (exact) mass is 292 g/mol. The molecule has 4 nitrogen and oxygen atoms in total. The third-order valence-electron chi connectivity index (χ3n) is 3.27. The van der Waals surface area contributed by atoms with Crippen LogP contribution in [-0.2, 0) is 11.8 Å². The quantitative estimate of drug-likeness (QED) is 0.942. The van der Waals surface area contributed by atoms with E-state index >= 15 is 0 Å². The van der Waals surface area contributed by atoms with Crippen LogP contribution in [0.5, 0.6) is 5.88 Å². The Morgan fingerprint density at radius 3 is 2.33 bits per heavy atom. The van der Waals surface area contributed by atoms with E-state index in [2.05, 4.69) is 25.9 Å². The van der Waals surface area contributed by atoms with Gasteiger partial charge < -0.3 is 9.84 Å². The van der Waals surface area contributed by atoms with E-state index in [-0.39, 0.29) is 17.8 Å². The Labute approximate surface area is 124 Å². The number of ether oxygens (including phenoxy) is 1. The molecule has 0 aliphatic carbocycles. The van der Waals surface area contributed by atoms with Crippen molar-refractivity contribution in [3.05, 3.63) is 41.3 Å². The van der Waals surface area contributed by atoms with Crippen molar-refractivity contribution >= 4 is 0 Å². The maximum atomic E-state index is 13.1. The predicted molar refractivity (Wildman–Crippen MR) is 79.6 cm³/mol. The largest absolute Gasteiger partial charge is 0.481 e. The molecular formula is C16H21FN2O2. The molecule has 0 fully saturated rings. The molecule has 0 spiro atoms. The standard InChI is InChI=1S/C16H21FN2O2/c1-16(2,3)14-13(9-10-20)15(21-4)19(18-14)12-7-5-11(17)6-8-12/h5-8,20H,9-10H2,1-4H3. The van der Waals surface area contributed by atoms with Crippen molar-refractivity contribution in [1.29, 1.82) is 0 Å². The van der Waals surface area contributed by atoms with Gasteiger partial charge in [0.1, 0.15) is 5.82 Å². The molecule has 1 aromatic heterocycles. The summed E-state index contributed by atoms with van der Waals surface area (Å²) in [5, 5.41) is 13.9. The van der Waals surface area contributed by atoms with Crippen molar-refractivity contribution < 1.29 is 14.2 Å². The number of hydrogen-bond acceptors (Lipinski definition) is 3. The summed E-state index contributed by atoms with van der Waals surface area (Å²) >= 11 is 0. The summed E-state index contributed by atoms with van der Waals surface area (Å²) in [5.41, 5.74) is 2.31. The summed E-state index contributed by atoms with van der Waals surface area (Å²) in [4.78, 5) is 0. The van der Waals surface area contributed by atoms with E-state index in [0.717, 1.165) is 16.9 Å². The number of nitrogens with zero attached hydrogens (tertiary/aromatic N) is 2. The molecule has 2 rings (SSSR count). The second-order valence-electron chi connectivity index (χ2n) is 5.95. The van der Waals surface area contributed by atoms with E-state index in [4.69, 9.17) is 4.74 Å². The molecule has 0 atom stereocenters. The van der Waals surface area contributed by atoms with Crippen LogP contribution in [0, 0.1) is 5.82 Å².